The monoisotopic (exact) mass is 353 g/mol. The third-order valence-electron chi connectivity index (χ3n) is 4.76. The lowest BCUT2D eigenvalue weighted by Gasteiger charge is -2.38. The van der Waals surface area contributed by atoms with Gasteiger partial charge in [-0.1, -0.05) is 29.6 Å². The van der Waals surface area contributed by atoms with E-state index < -0.39 is 5.41 Å². The lowest BCUT2D eigenvalue weighted by atomic mass is 9.62. The molecule has 0 unspecified atom stereocenters. The Morgan fingerprint density at radius 3 is 2.35 bits per heavy atom. The Hall–Kier alpha value is -1.46. The van der Waals surface area contributed by atoms with Crippen LogP contribution in [-0.4, -0.2) is 21.5 Å². The first-order valence-corrected chi connectivity index (χ1v) is 8.47. The first-order valence-electron chi connectivity index (χ1n) is 7.71. The second-order valence-electron chi connectivity index (χ2n) is 6.12. The summed E-state index contributed by atoms with van der Waals surface area (Å²) in [5, 5.41) is 0.325. The van der Waals surface area contributed by atoms with Gasteiger partial charge in [0.2, 0.25) is 0 Å². The highest BCUT2D eigenvalue weighted by molar-refractivity contribution is 6.33. The average molecular weight is 354 g/mol. The predicted molar refractivity (Wildman–Crippen MR) is 87.9 cm³/mol. The Morgan fingerprint density at radius 1 is 1.04 bits per heavy atom. The third kappa shape index (κ3) is 2.88. The number of Topliss-reactive ketones (excluding diaryl/α,β-unsaturated/α-hetero) is 2. The molecular formula is C16H17Cl2N3O2. The van der Waals surface area contributed by atoms with Crippen LogP contribution in [0.25, 0.3) is 5.70 Å². The van der Waals surface area contributed by atoms with E-state index in [4.69, 9.17) is 28.9 Å². The van der Waals surface area contributed by atoms with Crippen molar-refractivity contribution in [3.05, 3.63) is 27.8 Å². The molecule has 0 aliphatic heterocycles. The van der Waals surface area contributed by atoms with Crippen LogP contribution >= 0.6 is 23.2 Å². The van der Waals surface area contributed by atoms with Gasteiger partial charge in [-0.05, 0) is 32.1 Å². The summed E-state index contributed by atoms with van der Waals surface area (Å²) >= 11 is 11.8. The fourth-order valence-electron chi connectivity index (χ4n) is 3.58. The maximum absolute atomic E-state index is 13.0. The lowest BCUT2D eigenvalue weighted by molar-refractivity contribution is -0.143. The van der Waals surface area contributed by atoms with Gasteiger partial charge in [0.25, 0.3) is 0 Å². The normalized spacial score (nSPS) is 27.4. The maximum Gasteiger partial charge on any atom is 0.178 e. The molecule has 0 aromatic carbocycles. The van der Waals surface area contributed by atoms with E-state index in [2.05, 4.69) is 9.97 Å². The fourth-order valence-corrected chi connectivity index (χ4v) is 4.00. The molecule has 7 heteroatoms. The van der Waals surface area contributed by atoms with Gasteiger partial charge in [0, 0.05) is 18.1 Å². The number of hydrogen-bond acceptors (Lipinski definition) is 5. The maximum atomic E-state index is 13.0. The highest BCUT2D eigenvalue weighted by Gasteiger charge is 2.49. The molecule has 0 saturated heterocycles. The smallest absolute Gasteiger partial charge is 0.178 e. The number of aromatic nitrogens is 2. The van der Waals surface area contributed by atoms with E-state index in [1.807, 2.05) is 0 Å². The zero-order valence-electron chi connectivity index (χ0n) is 12.6. The number of nitrogens with zero attached hydrogens (tertiary/aromatic N) is 2. The number of rotatable bonds is 1. The molecule has 23 heavy (non-hydrogen) atoms. The van der Waals surface area contributed by atoms with E-state index in [1.54, 1.807) is 0 Å². The topological polar surface area (TPSA) is 85.9 Å². The molecule has 0 bridgehead atoms. The van der Waals surface area contributed by atoms with Gasteiger partial charge < -0.3 is 5.73 Å². The van der Waals surface area contributed by atoms with Crippen molar-refractivity contribution in [2.45, 2.75) is 44.9 Å². The fraction of sp³-hybridized carbons (Fsp3) is 0.500. The number of halogens is 2. The van der Waals surface area contributed by atoms with Crippen LogP contribution in [-0.2, 0) is 9.59 Å². The van der Waals surface area contributed by atoms with Crippen LogP contribution < -0.4 is 5.73 Å². The molecule has 1 spiro atoms. The zero-order valence-corrected chi connectivity index (χ0v) is 14.1. The molecule has 1 aromatic heterocycles. The molecule has 2 fully saturated rings. The molecule has 1 heterocycles. The van der Waals surface area contributed by atoms with Crippen molar-refractivity contribution >= 4 is 40.5 Å². The molecule has 2 aliphatic rings. The first kappa shape index (κ1) is 16.4. The quantitative estimate of drug-likeness (QED) is 0.475. The van der Waals surface area contributed by atoms with E-state index >= 15 is 0 Å². The summed E-state index contributed by atoms with van der Waals surface area (Å²) in [4.78, 5) is 33.5. The Labute approximate surface area is 144 Å². The largest absolute Gasteiger partial charge is 0.395 e. The van der Waals surface area contributed by atoms with Crippen LogP contribution in [0.5, 0.6) is 0 Å². The van der Waals surface area contributed by atoms with Gasteiger partial charge in [-0.2, -0.15) is 0 Å². The van der Waals surface area contributed by atoms with Gasteiger partial charge in [0.1, 0.15) is 16.1 Å². The van der Waals surface area contributed by atoms with Gasteiger partial charge in [-0.3, -0.25) is 9.59 Å². The van der Waals surface area contributed by atoms with Gasteiger partial charge >= 0.3 is 0 Å². The standard InChI is InChI=1S/C16H17Cl2N3O2/c17-11-8-12(18)21-15(20-11)13(19)9-4-3-7-16(14(9)23)6-2-1-5-10(16)22/h8H,1-7,19H2/t16-/m1/s1. The summed E-state index contributed by atoms with van der Waals surface area (Å²) in [6, 6.07) is 1.40. The van der Waals surface area contributed by atoms with Crippen molar-refractivity contribution < 1.29 is 9.59 Å². The molecule has 2 N–H and O–H groups in total. The predicted octanol–water partition coefficient (Wildman–Crippen LogP) is 3.34. The van der Waals surface area contributed by atoms with Crippen LogP contribution in [0.15, 0.2) is 11.6 Å². The molecule has 2 saturated carbocycles. The molecule has 2 aliphatic carbocycles. The average Bonchev–Trinajstić information content (AvgIpc) is 2.51. The Kier molecular flexibility index (Phi) is 4.43. The second kappa shape index (κ2) is 6.21. The molecule has 0 radical (unpaired) electrons. The lowest BCUT2D eigenvalue weighted by Crippen LogP contribution is -2.45. The van der Waals surface area contributed by atoms with E-state index in [0.717, 1.165) is 19.3 Å². The van der Waals surface area contributed by atoms with E-state index in [-0.39, 0.29) is 33.4 Å². The number of hydrogen-bond donors (Lipinski definition) is 1. The van der Waals surface area contributed by atoms with Crippen molar-refractivity contribution in [3.8, 4) is 0 Å². The van der Waals surface area contributed by atoms with E-state index in [0.29, 0.717) is 31.3 Å². The van der Waals surface area contributed by atoms with E-state index in [1.165, 1.54) is 6.07 Å². The van der Waals surface area contributed by atoms with Gasteiger partial charge in [0.15, 0.2) is 11.6 Å². The SMILES string of the molecule is NC(=C1CCC[C@@]2(CCCCC2=O)C1=O)c1nc(Cl)cc(Cl)n1. The van der Waals surface area contributed by atoms with Crippen LogP contribution in [0, 0.1) is 5.41 Å². The van der Waals surface area contributed by atoms with E-state index in [9.17, 15) is 9.59 Å². The minimum absolute atomic E-state index is 0.0452. The Balaban J connectivity index is 2.04. The minimum Gasteiger partial charge on any atom is -0.395 e. The van der Waals surface area contributed by atoms with Gasteiger partial charge in [-0.15, -0.1) is 0 Å². The molecule has 3 rings (SSSR count). The Morgan fingerprint density at radius 2 is 1.70 bits per heavy atom. The zero-order chi connectivity index (χ0) is 16.6. The minimum atomic E-state index is -0.890. The van der Waals surface area contributed by atoms with Crippen molar-refractivity contribution in [3.63, 3.8) is 0 Å². The summed E-state index contributed by atoms with van der Waals surface area (Å²) in [6.07, 6.45) is 4.71. The number of allylic oxidation sites excluding steroid dienone is 1. The molecule has 0 amide bonds. The van der Waals surface area contributed by atoms with Crippen molar-refractivity contribution in [1.82, 2.24) is 9.97 Å². The molecule has 122 valence electrons. The highest BCUT2D eigenvalue weighted by Crippen LogP contribution is 2.45. The van der Waals surface area contributed by atoms with Crippen LogP contribution in [0.3, 0.4) is 0 Å². The summed E-state index contributed by atoms with van der Waals surface area (Å²) < 4.78 is 0. The molecular weight excluding hydrogens is 337 g/mol. The number of carbonyl (C=O) groups excluding carboxylic acids is 2. The van der Waals surface area contributed by atoms with Gasteiger partial charge in [0.05, 0.1) is 11.1 Å². The summed E-state index contributed by atoms with van der Waals surface area (Å²) in [6.45, 7) is 0. The van der Waals surface area contributed by atoms with Gasteiger partial charge in [-0.25, -0.2) is 9.97 Å². The summed E-state index contributed by atoms with van der Waals surface area (Å²) in [7, 11) is 0. The van der Waals surface area contributed by atoms with Crippen LogP contribution in [0.4, 0.5) is 0 Å². The number of ketones is 2. The molecule has 1 aromatic rings. The first-order chi connectivity index (χ1) is 10.9. The summed E-state index contributed by atoms with van der Waals surface area (Å²) in [5.74, 6) is 0.0283. The molecule has 5 nitrogen and oxygen atoms in total. The molecule has 1 atom stereocenters. The highest BCUT2D eigenvalue weighted by atomic mass is 35.5. The van der Waals surface area contributed by atoms with Crippen molar-refractivity contribution in [2.24, 2.45) is 11.1 Å². The van der Waals surface area contributed by atoms with Crippen LogP contribution in [0.1, 0.15) is 50.8 Å². The van der Waals surface area contributed by atoms with Crippen molar-refractivity contribution in [2.75, 3.05) is 0 Å². The third-order valence-corrected chi connectivity index (χ3v) is 5.15. The van der Waals surface area contributed by atoms with Crippen molar-refractivity contribution in [1.29, 1.82) is 0 Å². The summed E-state index contributed by atoms with van der Waals surface area (Å²) in [5.41, 5.74) is 5.86. The Bertz CT molecular complexity index is 693. The van der Waals surface area contributed by atoms with Crippen LogP contribution in [0.2, 0.25) is 10.3 Å². The number of nitrogens with two attached hydrogens (primary N) is 1. The second-order valence-corrected chi connectivity index (χ2v) is 6.90. The number of carbonyl (C=O) groups is 2.